The molecule has 28 heavy (non-hydrogen) atoms. The zero-order chi connectivity index (χ0) is 19.9. The van der Waals surface area contributed by atoms with Gasteiger partial charge in [-0.1, -0.05) is 82.9 Å². The average Bonchev–Trinajstić information content (AvgIpc) is 3.42. The molecule has 1 N–H and O–H groups in total. The Balaban J connectivity index is 1.69. The van der Waals surface area contributed by atoms with Crippen molar-refractivity contribution >= 4 is 34.8 Å². The second-order valence-electron chi connectivity index (χ2n) is 7.59. The highest BCUT2D eigenvalue weighted by Crippen LogP contribution is 2.59. The van der Waals surface area contributed by atoms with Gasteiger partial charge in [-0.3, -0.25) is 4.79 Å². The first-order valence-corrected chi connectivity index (χ1v) is 10.1. The molecule has 0 radical (unpaired) electrons. The van der Waals surface area contributed by atoms with Gasteiger partial charge in [0.2, 0.25) is 5.91 Å². The lowest BCUT2D eigenvalue weighted by Gasteiger charge is -2.20. The average molecular weight is 410 g/mol. The van der Waals surface area contributed by atoms with Crippen molar-refractivity contribution in [1.82, 2.24) is 0 Å². The number of nitrogens with one attached hydrogen (secondary N) is 1. The van der Waals surface area contributed by atoms with E-state index < -0.39 is 0 Å². The summed E-state index contributed by atoms with van der Waals surface area (Å²) in [6.45, 7) is 4.17. The number of halogens is 2. The number of aryl methyl sites for hydroxylation is 2. The highest BCUT2D eigenvalue weighted by atomic mass is 35.5. The fourth-order valence-electron chi connectivity index (χ4n) is 4.03. The summed E-state index contributed by atoms with van der Waals surface area (Å²) in [6, 6.07) is 22.1. The Labute approximate surface area is 175 Å². The number of carbonyl (C=O) groups is 1. The molecule has 1 saturated carbocycles. The van der Waals surface area contributed by atoms with Gasteiger partial charge in [-0.05, 0) is 49.6 Å². The van der Waals surface area contributed by atoms with E-state index in [0.29, 0.717) is 15.7 Å². The van der Waals surface area contributed by atoms with Crippen molar-refractivity contribution in [2.45, 2.75) is 25.7 Å². The number of benzene rings is 3. The Kier molecular flexibility index (Phi) is 4.95. The molecule has 1 aliphatic rings. The first-order chi connectivity index (χ1) is 13.4. The van der Waals surface area contributed by atoms with E-state index >= 15 is 0 Å². The lowest BCUT2D eigenvalue weighted by molar-refractivity contribution is -0.117. The van der Waals surface area contributed by atoms with Crippen LogP contribution >= 0.6 is 23.2 Å². The van der Waals surface area contributed by atoms with Crippen LogP contribution in [0.15, 0.2) is 66.7 Å². The van der Waals surface area contributed by atoms with Gasteiger partial charge < -0.3 is 5.32 Å². The number of amides is 1. The quantitative estimate of drug-likeness (QED) is 0.519. The Bertz CT molecular complexity index is 1010. The van der Waals surface area contributed by atoms with E-state index in [1.807, 2.05) is 0 Å². The smallest absolute Gasteiger partial charge is 0.228 e. The number of rotatable bonds is 4. The summed E-state index contributed by atoms with van der Waals surface area (Å²) in [5.41, 5.74) is 5.13. The number of hydrogen-bond donors (Lipinski definition) is 1. The van der Waals surface area contributed by atoms with Gasteiger partial charge in [0.05, 0.1) is 16.0 Å². The highest BCUT2D eigenvalue weighted by molar-refractivity contribution is 6.42. The molecule has 0 unspecified atom stereocenters. The normalized spacial score (nSPS) is 17.2. The molecule has 4 rings (SSSR count). The summed E-state index contributed by atoms with van der Waals surface area (Å²) in [5, 5.41) is 3.92. The van der Waals surface area contributed by atoms with Crippen LogP contribution in [0.1, 0.15) is 28.7 Å². The maximum absolute atomic E-state index is 13.1. The topological polar surface area (TPSA) is 29.1 Å². The molecule has 0 bridgehead atoms. The van der Waals surface area contributed by atoms with Crippen LogP contribution in [0, 0.1) is 19.8 Å². The third-order valence-corrected chi connectivity index (χ3v) is 6.27. The molecule has 3 aromatic rings. The molecule has 0 spiro atoms. The maximum Gasteiger partial charge on any atom is 0.228 e. The van der Waals surface area contributed by atoms with Crippen LogP contribution in [0.4, 0.5) is 5.69 Å². The van der Waals surface area contributed by atoms with Crippen LogP contribution in [-0.4, -0.2) is 5.91 Å². The van der Waals surface area contributed by atoms with E-state index in [9.17, 15) is 4.79 Å². The molecule has 0 heterocycles. The summed E-state index contributed by atoms with van der Waals surface area (Å²) in [4.78, 5) is 13.1. The van der Waals surface area contributed by atoms with E-state index in [0.717, 1.165) is 6.42 Å². The largest absolute Gasteiger partial charge is 0.326 e. The molecule has 0 aliphatic heterocycles. The van der Waals surface area contributed by atoms with Crippen LogP contribution in [0.25, 0.3) is 0 Å². The Hall–Kier alpha value is -2.29. The van der Waals surface area contributed by atoms with Crippen molar-refractivity contribution in [3.8, 4) is 0 Å². The third kappa shape index (κ3) is 3.43. The number of hydrogen-bond acceptors (Lipinski definition) is 1. The molecule has 1 fully saturated rings. The van der Waals surface area contributed by atoms with Crippen LogP contribution in [0.5, 0.6) is 0 Å². The Morgan fingerprint density at radius 2 is 1.50 bits per heavy atom. The molecule has 0 saturated heterocycles. The summed E-state index contributed by atoms with van der Waals surface area (Å²) < 4.78 is 0. The molecule has 4 heteroatoms. The first kappa shape index (κ1) is 19.0. The minimum absolute atomic E-state index is 0.00130. The zero-order valence-corrected chi connectivity index (χ0v) is 17.3. The Morgan fingerprint density at radius 1 is 0.893 bits per heavy atom. The van der Waals surface area contributed by atoms with E-state index in [1.165, 1.54) is 22.3 Å². The van der Waals surface area contributed by atoms with Gasteiger partial charge in [-0.25, -0.2) is 0 Å². The van der Waals surface area contributed by atoms with Gasteiger partial charge in [0.25, 0.3) is 0 Å². The fraction of sp³-hybridized carbons (Fsp3) is 0.208. The van der Waals surface area contributed by atoms with Gasteiger partial charge in [-0.2, -0.15) is 0 Å². The van der Waals surface area contributed by atoms with E-state index in [1.54, 1.807) is 18.2 Å². The number of carbonyl (C=O) groups excluding carboxylic acids is 1. The zero-order valence-electron chi connectivity index (χ0n) is 15.8. The van der Waals surface area contributed by atoms with Gasteiger partial charge in [0.15, 0.2) is 0 Å². The fourth-order valence-corrected chi connectivity index (χ4v) is 4.33. The first-order valence-electron chi connectivity index (χ1n) is 9.30. The van der Waals surface area contributed by atoms with Gasteiger partial charge in [-0.15, -0.1) is 0 Å². The van der Waals surface area contributed by atoms with Crippen molar-refractivity contribution < 1.29 is 4.79 Å². The van der Waals surface area contributed by atoms with Crippen LogP contribution < -0.4 is 5.32 Å². The summed E-state index contributed by atoms with van der Waals surface area (Å²) in [7, 11) is 0. The molecule has 3 aromatic carbocycles. The minimum Gasteiger partial charge on any atom is -0.326 e. The number of anilines is 1. The minimum atomic E-state index is -0.293. The molecular weight excluding hydrogens is 389 g/mol. The van der Waals surface area contributed by atoms with E-state index in [2.05, 4.69) is 67.7 Å². The van der Waals surface area contributed by atoms with Crippen molar-refractivity contribution in [2.75, 3.05) is 5.32 Å². The summed E-state index contributed by atoms with van der Waals surface area (Å²) in [6.07, 6.45) is 0.785. The van der Waals surface area contributed by atoms with Crippen LogP contribution in [0.3, 0.4) is 0 Å². The SMILES string of the molecule is Cc1cccc(C2(c3cccc(C)c3)C[C@H]2C(=O)Nc2ccc(Cl)c(Cl)c2)c1. The van der Waals surface area contributed by atoms with Crippen LogP contribution in [0.2, 0.25) is 10.0 Å². The molecule has 1 aliphatic carbocycles. The Morgan fingerprint density at radius 3 is 2.04 bits per heavy atom. The molecule has 1 atom stereocenters. The molecule has 1 amide bonds. The second-order valence-corrected chi connectivity index (χ2v) is 8.40. The predicted octanol–water partition coefficient (Wildman–Crippen LogP) is 6.55. The molecule has 142 valence electrons. The van der Waals surface area contributed by atoms with Gasteiger partial charge in [0, 0.05) is 11.1 Å². The van der Waals surface area contributed by atoms with Crippen molar-refractivity contribution in [2.24, 2.45) is 5.92 Å². The predicted molar refractivity (Wildman–Crippen MR) is 116 cm³/mol. The van der Waals surface area contributed by atoms with Crippen LogP contribution in [-0.2, 0) is 10.2 Å². The van der Waals surface area contributed by atoms with Crippen molar-refractivity contribution in [1.29, 1.82) is 0 Å². The standard InChI is InChI=1S/C24H21Cl2NO/c1-15-5-3-7-17(11-15)24(18-8-4-6-16(2)12-18)14-20(24)23(28)27-19-9-10-21(25)22(26)13-19/h3-13,20H,14H2,1-2H3,(H,27,28)/t20-/m0/s1. The monoisotopic (exact) mass is 409 g/mol. The van der Waals surface area contributed by atoms with Crippen molar-refractivity contribution in [3.05, 3.63) is 99.0 Å². The highest BCUT2D eigenvalue weighted by Gasteiger charge is 2.60. The second kappa shape index (κ2) is 7.27. The van der Waals surface area contributed by atoms with Crippen molar-refractivity contribution in [3.63, 3.8) is 0 Å². The van der Waals surface area contributed by atoms with Gasteiger partial charge in [0.1, 0.15) is 0 Å². The third-order valence-electron chi connectivity index (χ3n) is 5.53. The molecule has 0 aromatic heterocycles. The van der Waals surface area contributed by atoms with E-state index in [-0.39, 0.29) is 17.2 Å². The summed E-state index contributed by atoms with van der Waals surface area (Å²) >= 11 is 12.1. The molecular formula is C24H21Cl2NO. The van der Waals surface area contributed by atoms with E-state index in [4.69, 9.17) is 23.2 Å². The van der Waals surface area contributed by atoms with Gasteiger partial charge >= 0.3 is 0 Å². The maximum atomic E-state index is 13.1. The molecule has 2 nitrogen and oxygen atoms in total. The lowest BCUT2D eigenvalue weighted by Crippen LogP contribution is -2.22. The summed E-state index contributed by atoms with van der Waals surface area (Å²) in [5.74, 6) is -0.132. The lowest BCUT2D eigenvalue weighted by atomic mass is 9.84.